The first kappa shape index (κ1) is 22.1. The van der Waals surface area contributed by atoms with Crippen LogP contribution in [0.25, 0.3) is 5.57 Å². The number of nitrogens with zero attached hydrogens (tertiary/aromatic N) is 1. The lowest BCUT2D eigenvalue weighted by atomic mass is 10.0. The van der Waals surface area contributed by atoms with Gasteiger partial charge in [0, 0.05) is 11.8 Å². The number of carbonyl (C=O) groups is 2. The van der Waals surface area contributed by atoms with Crippen molar-refractivity contribution in [2.45, 2.75) is 20.0 Å². The predicted molar refractivity (Wildman–Crippen MR) is 125 cm³/mol. The number of hydrogen-bond donors (Lipinski definition) is 1. The lowest BCUT2D eigenvalue weighted by molar-refractivity contribution is -0.120. The van der Waals surface area contributed by atoms with Gasteiger partial charge in [-0.05, 0) is 67.9 Å². The van der Waals surface area contributed by atoms with Crippen LogP contribution in [0.1, 0.15) is 19.4 Å². The van der Waals surface area contributed by atoms with Gasteiger partial charge in [0.15, 0.2) is 0 Å². The van der Waals surface area contributed by atoms with Crippen molar-refractivity contribution in [3.05, 3.63) is 89.9 Å². The first-order chi connectivity index (χ1) is 15.9. The van der Waals surface area contributed by atoms with Crippen LogP contribution in [-0.4, -0.2) is 25.0 Å². The minimum absolute atomic E-state index is 0.00371. The van der Waals surface area contributed by atoms with Gasteiger partial charge in [-0.25, -0.2) is 9.29 Å². The number of ether oxygens (including phenoxy) is 2. The fourth-order valence-corrected chi connectivity index (χ4v) is 3.56. The lowest BCUT2D eigenvalue weighted by Gasteiger charge is -2.15. The maximum Gasteiger partial charge on any atom is 0.282 e. The Kier molecular flexibility index (Phi) is 6.13. The number of hydrogen-bond acceptors (Lipinski definition) is 5. The van der Waals surface area contributed by atoms with Crippen molar-refractivity contribution in [2.75, 3.05) is 17.3 Å². The SMILES string of the molecule is COc1cccc(NC2=C(c3ccc(OC(C)C)cc3)C(=O)N(c3ccc(F)cc3)C2=O)c1. The molecule has 33 heavy (non-hydrogen) atoms. The summed E-state index contributed by atoms with van der Waals surface area (Å²) in [5.41, 5.74) is 1.76. The Balaban J connectivity index is 1.77. The van der Waals surface area contributed by atoms with E-state index < -0.39 is 17.6 Å². The van der Waals surface area contributed by atoms with Gasteiger partial charge in [0.1, 0.15) is 23.0 Å². The molecule has 3 aromatic rings. The summed E-state index contributed by atoms with van der Waals surface area (Å²) in [7, 11) is 1.55. The van der Waals surface area contributed by atoms with E-state index >= 15 is 0 Å². The maximum atomic E-state index is 13.4. The van der Waals surface area contributed by atoms with Crippen molar-refractivity contribution in [3.63, 3.8) is 0 Å². The zero-order valence-corrected chi connectivity index (χ0v) is 18.5. The second kappa shape index (κ2) is 9.16. The third kappa shape index (κ3) is 4.57. The molecule has 3 aromatic carbocycles. The van der Waals surface area contributed by atoms with Gasteiger partial charge in [0.05, 0.1) is 24.5 Å². The van der Waals surface area contributed by atoms with E-state index in [2.05, 4.69) is 5.32 Å². The highest BCUT2D eigenvalue weighted by Crippen LogP contribution is 2.35. The molecule has 0 atom stereocenters. The molecule has 0 radical (unpaired) electrons. The van der Waals surface area contributed by atoms with E-state index in [4.69, 9.17) is 9.47 Å². The summed E-state index contributed by atoms with van der Waals surface area (Å²) in [5.74, 6) is -0.240. The van der Waals surface area contributed by atoms with Crippen LogP contribution in [0.5, 0.6) is 11.5 Å². The average Bonchev–Trinajstić information content (AvgIpc) is 3.04. The van der Waals surface area contributed by atoms with Gasteiger partial charge in [-0.2, -0.15) is 0 Å². The molecular formula is C26H23FN2O4. The van der Waals surface area contributed by atoms with Crippen LogP contribution in [0.2, 0.25) is 0 Å². The number of benzene rings is 3. The Hall–Kier alpha value is -4.13. The molecule has 1 aliphatic heterocycles. The number of halogens is 1. The quantitative estimate of drug-likeness (QED) is 0.517. The molecule has 0 bridgehead atoms. The van der Waals surface area contributed by atoms with Crippen LogP contribution in [0, 0.1) is 5.82 Å². The molecule has 4 rings (SSSR count). The Morgan fingerprint density at radius 3 is 2.21 bits per heavy atom. The molecule has 1 aliphatic rings. The van der Waals surface area contributed by atoms with E-state index in [0.29, 0.717) is 22.7 Å². The van der Waals surface area contributed by atoms with Gasteiger partial charge in [0.2, 0.25) is 0 Å². The first-order valence-corrected chi connectivity index (χ1v) is 10.4. The summed E-state index contributed by atoms with van der Waals surface area (Å²) in [4.78, 5) is 27.9. The Morgan fingerprint density at radius 1 is 0.879 bits per heavy atom. The Bertz CT molecular complexity index is 1220. The van der Waals surface area contributed by atoms with Gasteiger partial charge in [-0.3, -0.25) is 9.59 Å². The number of carbonyl (C=O) groups excluding carboxylic acids is 2. The summed E-state index contributed by atoms with van der Waals surface area (Å²) < 4.78 is 24.4. The van der Waals surface area contributed by atoms with Crippen LogP contribution in [0.3, 0.4) is 0 Å². The minimum atomic E-state index is -0.535. The average molecular weight is 446 g/mol. The highest BCUT2D eigenvalue weighted by Gasteiger charge is 2.40. The third-order valence-corrected chi connectivity index (χ3v) is 5.02. The smallest absolute Gasteiger partial charge is 0.282 e. The number of anilines is 2. The number of methoxy groups -OCH3 is 1. The van der Waals surface area contributed by atoms with Crippen LogP contribution < -0.4 is 19.7 Å². The lowest BCUT2D eigenvalue weighted by Crippen LogP contribution is -2.32. The Morgan fingerprint density at radius 2 is 1.58 bits per heavy atom. The highest BCUT2D eigenvalue weighted by molar-refractivity contribution is 6.46. The van der Waals surface area contributed by atoms with Crippen LogP contribution in [0.4, 0.5) is 15.8 Å². The monoisotopic (exact) mass is 446 g/mol. The summed E-state index contributed by atoms with van der Waals surface area (Å²) in [6.07, 6.45) is 0.00371. The van der Waals surface area contributed by atoms with E-state index in [0.717, 1.165) is 4.90 Å². The van der Waals surface area contributed by atoms with E-state index in [1.165, 1.54) is 24.3 Å². The summed E-state index contributed by atoms with van der Waals surface area (Å²) >= 11 is 0. The number of rotatable bonds is 7. The third-order valence-electron chi connectivity index (χ3n) is 5.02. The van der Waals surface area contributed by atoms with Gasteiger partial charge in [-0.15, -0.1) is 0 Å². The predicted octanol–water partition coefficient (Wildman–Crippen LogP) is 5.02. The molecule has 1 N–H and O–H groups in total. The number of amides is 2. The largest absolute Gasteiger partial charge is 0.497 e. The van der Waals surface area contributed by atoms with E-state index in [9.17, 15) is 14.0 Å². The van der Waals surface area contributed by atoms with Crippen molar-refractivity contribution in [1.29, 1.82) is 0 Å². The molecule has 0 fully saturated rings. The van der Waals surface area contributed by atoms with Crippen molar-refractivity contribution < 1.29 is 23.5 Å². The second-order valence-corrected chi connectivity index (χ2v) is 7.72. The summed E-state index contributed by atoms with van der Waals surface area (Å²) in [6.45, 7) is 3.85. The van der Waals surface area contributed by atoms with Crippen LogP contribution in [0.15, 0.2) is 78.5 Å². The molecule has 168 valence electrons. The summed E-state index contributed by atoms with van der Waals surface area (Å²) in [6, 6.07) is 19.2. The van der Waals surface area contributed by atoms with Crippen LogP contribution in [-0.2, 0) is 9.59 Å². The van der Waals surface area contributed by atoms with E-state index in [1.807, 2.05) is 13.8 Å². The normalized spacial score (nSPS) is 13.7. The number of imide groups is 1. The number of nitrogens with one attached hydrogen (secondary N) is 1. The molecule has 0 unspecified atom stereocenters. The summed E-state index contributed by atoms with van der Waals surface area (Å²) in [5, 5.41) is 3.08. The van der Waals surface area contributed by atoms with E-state index in [-0.39, 0.29) is 23.1 Å². The van der Waals surface area contributed by atoms with Gasteiger partial charge >= 0.3 is 0 Å². The zero-order valence-electron chi connectivity index (χ0n) is 18.5. The topological polar surface area (TPSA) is 67.9 Å². The molecular weight excluding hydrogens is 423 g/mol. The molecule has 0 aromatic heterocycles. The Labute approximate surface area is 191 Å². The van der Waals surface area contributed by atoms with Gasteiger partial charge in [-0.1, -0.05) is 18.2 Å². The fourth-order valence-electron chi connectivity index (χ4n) is 3.56. The molecule has 7 heteroatoms. The molecule has 0 saturated carbocycles. The van der Waals surface area contributed by atoms with Crippen molar-refractivity contribution >= 4 is 28.8 Å². The highest BCUT2D eigenvalue weighted by atomic mass is 19.1. The molecule has 6 nitrogen and oxygen atoms in total. The first-order valence-electron chi connectivity index (χ1n) is 10.4. The molecule has 0 spiro atoms. The second-order valence-electron chi connectivity index (χ2n) is 7.72. The maximum absolute atomic E-state index is 13.4. The zero-order chi connectivity index (χ0) is 23.5. The van der Waals surface area contributed by atoms with Gasteiger partial charge in [0.25, 0.3) is 11.8 Å². The van der Waals surface area contributed by atoms with E-state index in [1.54, 1.807) is 55.6 Å². The van der Waals surface area contributed by atoms with Crippen molar-refractivity contribution in [3.8, 4) is 11.5 Å². The minimum Gasteiger partial charge on any atom is -0.497 e. The van der Waals surface area contributed by atoms with Crippen molar-refractivity contribution in [2.24, 2.45) is 0 Å². The van der Waals surface area contributed by atoms with Crippen LogP contribution >= 0.6 is 0 Å². The van der Waals surface area contributed by atoms with Crippen molar-refractivity contribution in [1.82, 2.24) is 0 Å². The standard InChI is InChI=1S/C26H23FN2O4/c1-16(2)33-21-13-7-17(8-14-21)23-24(28-19-5-4-6-22(15-19)32-3)26(31)29(25(23)30)20-11-9-18(27)10-12-20/h4-16,28H,1-3H3. The van der Waals surface area contributed by atoms with Gasteiger partial charge < -0.3 is 14.8 Å². The molecule has 1 heterocycles. The molecule has 0 aliphatic carbocycles. The molecule has 0 saturated heterocycles. The fraction of sp³-hybridized carbons (Fsp3) is 0.154. The molecule has 2 amide bonds.